The minimum atomic E-state index is -0.126. The number of amides is 1. The molecule has 1 atom stereocenters. The van der Waals surface area contributed by atoms with Gasteiger partial charge in [0.25, 0.3) is 0 Å². The first-order chi connectivity index (χ1) is 15.1. The predicted octanol–water partition coefficient (Wildman–Crippen LogP) is 5.14. The van der Waals surface area contributed by atoms with Crippen LogP contribution in [0.1, 0.15) is 42.7 Å². The van der Waals surface area contributed by atoms with Crippen LogP contribution >= 0.6 is 23.1 Å². The summed E-state index contributed by atoms with van der Waals surface area (Å²) in [6.07, 6.45) is 4.21. The number of anilines is 1. The van der Waals surface area contributed by atoms with E-state index in [1.54, 1.807) is 11.3 Å². The summed E-state index contributed by atoms with van der Waals surface area (Å²) in [5.74, 6) is 1.57. The number of rotatable bonds is 7. The van der Waals surface area contributed by atoms with Crippen molar-refractivity contribution in [3.8, 4) is 17.5 Å². The molecule has 0 spiro atoms. The van der Waals surface area contributed by atoms with Gasteiger partial charge in [-0.05, 0) is 37.7 Å². The molecule has 1 aliphatic rings. The van der Waals surface area contributed by atoms with Crippen LogP contribution in [0.4, 0.5) is 5.00 Å². The van der Waals surface area contributed by atoms with E-state index in [1.165, 1.54) is 16.6 Å². The number of thioether (sulfide) groups is 1. The monoisotopic (exact) mass is 451 g/mol. The molecule has 31 heavy (non-hydrogen) atoms. The van der Waals surface area contributed by atoms with Gasteiger partial charge in [-0.1, -0.05) is 55.4 Å². The normalized spacial score (nSPS) is 15.3. The number of hydrogen-bond acceptors (Lipinski definition) is 6. The minimum absolute atomic E-state index is 0.126. The van der Waals surface area contributed by atoms with Gasteiger partial charge in [0.1, 0.15) is 11.1 Å². The number of aromatic nitrogens is 3. The number of nitrogens with zero attached hydrogens (tertiary/aromatic N) is 4. The molecule has 1 N–H and O–H groups in total. The third-order valence-corrected chi connectivity index (χ3v) is 7.84. The smallest absolute Gasteiger partial charge is 0.235 e. The molecule has 3 aromatic rings. The van der Waals surface area contributed by atoms with Crippen LogP contribution in [0.25, 0.3) is 11.4 Å². The average Bonchev–Trinajstić information content (AvgIpc) is 3.37. The fourth-order valence-corrected chi connectivity index (χ4v) is 6.11. The first-order valence-corrected chi connectivity index (χ1v) is 12.4. The number of fused-ring (bicyclic) bond motifs is 1. The molecule has 0 saturated heterocycles. The Kier molecular flexibility index (Phi) is 6.73. The van der Waals surface area contributed by atoms with E-state index in [2.05, 4.69) is 28.5 Å². The summed E-state index contributed by atoms with van der Waals surface area (Å²) in [5, 5.41) is 22.7. The van der Waals surface area contributed by atoms with Gasteiger partial charge < -0.3 is 9.88 Å². The number of carbonyl (C=O) groups is 1. The molecule has 0 radical (unpaired) electrons. The largest absolute Gasteiger partial charge is 0.316 e. The van der Waals surface area contributed by atoms with E-state index in [0.29, 0.717) is 21.6 Å². The fourth-order valence-electron chi connectivity index (χ4n) is 3.98. The molecule has 0 bridgehead atoms. The predicted molar refractivity (Wildman–Crippen MR) is 125 cm³/mol. The van der Waals surface area contributed by atoms with Crippen molar-refractivity contribution in [2.24, 2.45) is 5.92 Å². The number of thiophene rings is 1. The van der Waals surface area contributed by atoms with E-state index in [9.17, 15) is 10.1 Å². The number of carbonyl (C=O) groups excluding carboxylic acids is 1. The lowest BCUT2D eigenvalue weighted by Gasteiger charge is -2.20. The molecule has 4 rings (SSSR count). The van der Waals surface area contributed by atoms with Crippen LogP contribution in [0.2, 0.25) is 0 Å². The highest BCUT2D eigenvalue weighted by Crippen LogP contribution is 2.40. The minimum Gasteiger partial charge on any atom is -0.316 e. The summed E-state index contributed by atoms with van der Waals surface area (Å²) in [5.41, 5.74) is 2.79. The molecule has 0 aliphatic heterocycles. The van der Waals surface area contributed by atoms with Crippen molar-refractivity contribution in [2.75, 3.05) is 11.1 Å². The molecule has 0 saturated carbocycles. The Hall–Kier alpha value is -2.63. The van der Waals surface area contributed by atoms with Crippen LogP contribution in [-0.4, -0.2) is 26.4 Å². The van der Waals surface area contributed by atoms with Crippen LogP contribution in [0, 0.1) is 17.2 Å². The quantitative estimate of drug-likeness (QED) is 0.503. The van der Waals surface area contributed by atoms with E-state index >= 15 is 0 Å². The average molecular weight is 452 g/mol. The molecule has 0 fully saturated rings. The number of hydrogen-bond donors (Lipinski definition) is 1. The molecule has 2 heterocycles. The van der Waals surface area contributed by atoms with E-state index < -0.39 is 0 Å². The Bertz CT molecular complexity index is 1110. The molecule has 1 unspecified atom stereocenters. The Labute approximate surface area is 190 Å². The van der Waals surface area contributed by atoms with Gasteiger partial charge >= 0.3 is 0 Å². The van der Waals surface area contributed by atoms with Crippen LogP contribution in [0.3, 0.4) is 0 Å². The first-order valence-electron chi connectivity index (χ1n) is 10.6. The lowest BCUT2D eigenvalue weighted by atomic mass is 9.86. The number of nitrogens with one attached hydrogen (secondary N) is 1. The Balaban J connectivity index is 1.45. The molecule has 1 amide bonds. The molecule has 1 aliphatic carbocycles. The van der Waals surface area contributed by atoms with Gasteiger partial charge in [-0.3, -0.25) is 4.79 Å². The van der Waals surface area contributed by atoms with Crippen molar-refractivity contribution >= 4 is 34.0 Å². The number of nitriles is 1. The Morgan fingerprint density at radius 3 is 2.84 bits per heavy atom. The van der Waals surface area contributed by atoms with E-state index in [0.717, 1.165) is 49.2 Å². The maximum absolute atomic E-state index is 12.7. The molecule has 8 heteroatoms. The summed E-state index contributed by atoms with van der Waals surface area (Å²) in [7, 11) is 0. The van der Waals surface area contributed by atoms with Crippen molar-refractivity contribution in [3.63, 3.8) is 0 Å². The second kappa shape index (κ2) is 9.67. The zero-order chi connectivity index (χ0) is 21.8. The van der Waals surface area contributed by atoms with E-state index in [-0.39, 0.29) is 11.7 Å². The van der Waals surface area contributed by atoms with Crippen LogP contribution in [0.5, 0.6) is 0 Å². The van der Waals surface area contributed by atoms with Gasteiger partial charge in [-0.15, -0.1) is 21.5 Å². The van der Waals surface area contributed by atoms with Crippen LogP contribution < -0.4 is 5.32 Å². The standard InChI is InChI=1S/C23H25N5OS2/c1-3-15-10-11-17-18(13-24)22(31-19(17)12-15)25-20(29)14-30-23-27-26-21(28(23)4-2)16-8-6-5-7-9-16/h5-9,15H,3-4,10-12,14H2,1-2H3,(H,25,29). The maximum atomic E-state index is 12.7. The molecule has 160 valence electrons. The van der Waals surface area contributed by atoms with Gasteiger partial charge in [0.2, 0.25) is 5.91 Å². The zero-order valence-electron chi connectivity index (χ0n) is 17.7. The van der Waals surface area contributed by atoms with Crippen molar-refractivity contribution in [1.29, 1.82) is 5.26 Å². The van der Waals surface area contributed by atoms with Gasteiger partial charge in [0, 0.05) is 17.0 Å². The Morgan fingerprint density at radius 2 is 2.13 bits per heavy atom. The highest BCUT2D eigenvalue weighted by molar-refractivity contribution is 7.99. The summed E-state index contributed by atoms with van der Waals surface area (Å²) >= 11 is 2.93. The first kappa shape index (κ1) is 21.6. The van der Waals surface area contributed by atoms with Crippen molar-refractivity contribution in [1.82, 2.24) is 14.8 Å². The van der Waals surface area contributed by atoms with Crippen molar-refractivity contribution in [3.05, 3.63) is 46.3 Å². The van der Waals surface area contributed by atoms with Gasteiger partial charge in [-0.25, -0.2) is 0 Å². The van der Waals surface area contributed by atoms with Gasteiger partial charge in [0.15, 0.2) is 11.0 Å². The topological polar surface area (TPSA) is 83.6 Å². The summed E-state index contributed by atoms with van der Waals surface area (Å²) in [6, 6.07) is 12.2. The maximum Gasteiger partial charge on any atom is 0.235 e. The number of benzene rings is 1. The SMILES string of the molecule is CCC1CCc2c(sc(NC(=O)CSc3nnc(-c4ccccc4)n3CC)c2C#N)C1. The molecular weight excluding hydrogens is 426 g/mol. The third-order valence-electron chi connectivity index (χ3n) is 5.71. The van der Waals surface area contributed by atoms with Crippen molar-refractivity contribution < 1.29 is 4.79 Å². The van der Waals surface area contributed by atoms with Crippen LogP contribution in [-0.2, 0) is 24.2 Å². The van der Waals surface area contributed by atoms with E-state index in [4.69, 9.17) is 0 Å². The highest BCUT2D eigenvalue weighted by Gasteiger charge is 2.26. The lowest BCUT2D eigenvalue weighted by molar-refractivity contribution is -0.113. The fraction of sp³-hybridized carbons (Fsp3) is 0.391. The van der Waals surface area contributed by atoms with Gasteiger partial charge in [0.05, 0.1) is 11.3 Å². The molecule has 6 nitrogen and oxygen atoms in total. The third kappa shape index (κ3) is 4.53. The second-order valence-electron chi connectivity index (χ2n) is 7.59. The highest BCUT2D eigenvalue weighted by atomic mass is 32.2. The molecule has 1 aromatic carbocycles. The zero-order valence-corrected chi connectivity index (χ0v) is 19.4. The van der Waals surface area contributed by atoms with E-state index in [1.807, 2.05) is 41.8 Å². The summed E-state index contributed by atoms with van der Waals surface area (Å²) < 4.78 is 2.02. The van der Waals surface area contributed by atoms with Crippen molar-refractivity contribution in [2.45, 2.75) is 51.2 Å². The van der Waals surface area contributed by atoms with Gasteiger partial charge in [-0.2, -0.15) is 5.26 Å². The molecule has 2 aromatic heterocycles. The summed E-state index contributed by atoms with van der Waals surface area (Å²) in [6.45, 7) is 4.97. The van der Waals surface area contributed by atoms with Crippen LogP contribution in [0.15, 0.2) is 35.5 Å². The molecular formula is C23H25N5OS2. The summed E-state index contributed by atoms with van der Waals surface area (Å²) in [4.78, 5) is 13.9. The second-order valence-corrected chi connectivity index (χ2v) is 9.64. The Morgan fingerprint density at radius 1 is 1.32 bits per heavy atom. The lowest BCUT2D eigenvalue weighted by Crippen LogP contribution is -2.15.